The van der Waals surface area contributed by atoms with Crippen molar-refractivity contribution in [3.63, 3.8) is 0 Å². The minimum atomic E-state index is -4.29. The number of rotatable bonds is 4. The van der Waals surface area contributed by atoms with Crippen LogP contribution in [0.25, 0.3) is 0 Å². The Morgan fingerprint density at radius 3 is 2.53 bits per heavy atom. The monoisotopic (exact) mass is 273 g/mol. The molecule has 1 saturated heterocycles. The Morgan fingerprint density at radius 2 is 1.95 bits per heavy atom. The second-order valence-electron chi connectivity index (χ2n) is 4.81. The van der Waals surface area contributed by atoms with Crippen LogP contribution in [0.1, 0.15) is 30.9 Å². The van der Waals surface area contributed by atoms with Gasteiger partial charge in [-0.05, 0) is 24.9 Å². The quantitative estimate of drug-likeness (QED) is 0.907. The van der Waals surface area contributed by atoms with E-state index in [1.54, 1.807) is 0 Å². The first-order valence-electron chi connectivity index (χ1n) is 6.53. The third-order valence-corrected chi connectivity index (χ3v) is 3.27. The van der Waals surface area contributed by atoms with Crippen molar-refractivity contribution in [3.05, 3.63) is 35.9 Å². The Kier molecular flexibility index (Phi) is 4.82. The molecule has 0 aromatic heterocycles. The molecule has 0 spiro atoms. The van der Waals surface area contributed by atoms with Crippen LogP contribution in [0.2, 0.25) is 0 Å². The van der Waals surface area contributed by atoms with Crippen LogP contribution >= 0.6 is 0 Å². The highest BCUT2D eigenvalue weighted by Gasteiger charge is 2.32. The van der Waals surface area contributed by atoms with Crippen LogP contribution in [0, 0.1) is 0 Å². The summed E-state index contributed by atoms with van der Waals surface area (Å²) in [5.41, 5.74) is 0.797. The van der Waals surface area contributed by atoms with Crippen molar-refractivity contribution < 1.29 is 17.9 Å². The molecule has 1 aromatic rings. The van der Waals surface area contributed by atoms with E-state index >= 15 is 0 Å². The van der Waals surface area contributed by atoms with Gasteiger partial charge < -0.3 is 10.1 Å². The molecule has 5 heteroatoms. The van der Waals surface area contributed by atoms with Crippen molar-refractivity contribution in [1.29, 1.82) is 0 Å². The number of hydrogen-bond donors (Lipinski definition) is 1. The zero-order chi connectivity index (χ0) is 13.7. The summed E-state index contributed by atoms with van der Waals surface area (Å²) in [6, 6.07) is 9.08. The second-order valence-corrected chi connectivity index (χ2v) is 4.81. The van der Waals surface area contributed by atoms with Crippen LogP contribution in [0.3, 0.4) is 0 Å². The summed E-state index contributed by atoms with van der Waals surface area (Å²) in [7, 11) is 0. The first-order chi connectivity index (χ1) is 9.06. The van der Waals surface area contributed by atoms with Crippen LogP contribution in [-0.2, 0) is 4.74 Å². The summed E-state index contributed by atoms with van der Waals surface area (Å²) in [6.45, 7) is -0.367. The summed E-state index contributed by atoms with van der Waals surface area (Å²) in [4.78, 5) is 0. The largest absolute Gasteiger partial charge is 0.411 e. The average Bonchev–Trinajstić information content (AvgIpc) is 2.40. The first kappa shape index (κ1) is 14.3. The Balaban J connectivity index is 2.08. The molecule has 0 amide bonds. The van der Waals surface area contributed by atoms with Crippen molar-refractivity contribution in [3.8, 4) is 0 Å². The molecular formula is C14H18F3NO. The van der Waals surface area contributed by atoms with E-state index in [-0.39, 0.29) is 6.04 Å². The number of hydrogen-bond acceptors (Lipinski definition) is 2. The lowest BCUT2D eigenvalue weighted by atomic mass is 9.95. The summed E-state index contributed by atoms with van der Waals surface area (Å²) in [6.07, 6.45) is -1.89. The molecule has 1 aliphatic rings. The normalized spacial score (nSPS) is 22.2. The molecule has 1 heterocycles. The maximum atomic E-state index is 12.4. The second kappa shape index (κ2) is 6.39. The number of alkyl halides is 3. The molecule has 1 N–H and O–H groups in total. The van der Waals surface area contributed by atoms with Gasteiger partial charge in [-0.15, -0.1) is 0 Å². The summed E-state index contributed by atoms with van der Waals surface area (Å²) in [5.74, 6) is 0. The fourth-order valence-corrected chi connectivity index (χ4v) is 2.41. The number of halogens is 3. The van der Waals surface area contributed by atoms with Crippen LogP contribution in [0.5, 0.6) is 0 Å². The predicted molar refractivity (Wildman–Crippen MR) is 66.8 cm³/mol. The average molecular weight is 273 g/mol. The van der Waals surface area contributed by atoms with Crippen molar-refractivity contribution in [2.24, 2.45) is 0 Å². The molecule has 2 nitrogen and oxygen atoms in total. The maximum absolute atomic E-state index is 12.4. The summed E-state index contributed by atoms with van der Waals surface area (Å²) < 4.78 is 42.2. The van der Waals surface area contributed by atoms with E-state index in [0.717, 1.165) is 31.4 Å². The molecule has 0 radical (unpaired) electrons. The van der Waals surface area contributed by atoms with Crippen LogP contribution in [-0.4, -0.2) is 25.4 Å². The molecule has 1 fully saturated rings. The molecule has 2 rings (SSSR count). The number of ether oxygens (including phenoxy) is 1. The van der Waals surface area contributed by atoms with Gasteiger partial charge >= 0.3 is 6.18 Å². The Morgan fingerprint density at radius 1 is 1.21 bits per heavy atom. The Labute approximate surface area is 111 Å². The predicted octanol–water partition coefficient (Wildman–Crippen LogP) is 3.45. The molecule has 106 valence electrons. The van der Waals surface area contributed by atoms with Gasteiger partial charge in [0.15, 0.2) is 0 Å². The van der Waals surface area contributed by atoms with Crippen molar-refractivity contribution >= 4 is 0 Å². The van der Waals surface area contributed by atoms with E-state index in [1.165, 1.54) is 0 Å². The maximum Gasteiger partial charge on any atom is 0.411 e. The third kappa shape index (κ3) is 4.51. The van der Waals surface area contributed by atoms with Gasteiger partial charge in [-0.1, -0.05) is 36.8 Å². The lowest BCUT2D eigenvalue weighted by Gasteiger charge is -2.32. The molecule has 2 atom stereocenters. The first-order valence-corrected chi connectivity index (χ1v) is 6.53. The number of benzene rings is 1. The van der Waals surface area contributed by atoms with Crippen LogP contribution in [0.4, 0.5) is 13.2 Å². The molecular weight excluding hydrogens is 255 g/mol. The molecule has 1 aromatic carbocycles. The highest BCUT2D eigenvalue weighted by Crippen LogP contribution is 2.28. The van der Waals surface area contributed by atoms with Crippen LogP contribution < -0.4 is 5.32 Å². The van der Waals surface area contributed by atoms with Gasteiger partial charge in [0.1, 0.15) is 6.61 Å². The smallest absolute Gasteiger partial charge is 0.362 e. The summed E-state index contributed by atoms with van der Waals surface area (Å²) in [5, 5.41) is 3.26. The molecule has 0 saturated carbocycles. The van der Waals surface area contributed by atoms with E-state index in [0.29, 0.717) is 0 Å². The number of piperidine rings is 1. The van der Waals surface area contributed by atoms with Crippen molar-refractivity contribution in [2.75, 3.05) is 13.2 Å². The van der Waals surface area contributed by atoms with Crippen molar-refractivity contribution in [2.45, 2.75) is 37.6 Å². The van der Waals surface area contributed by atoms with E-state index in [1.807, 2.05) is 30.3 Å². The molecule has 0 aliphatic carbocycles. The zero-order valence-corrected chi connectivity index (χ0v) is 10.6. The minimum absolute atomic E-state index is 0.0431. The summed E-state index contributed by atoms with van der Waals surface area (Å²) >= 11 is 0. The topological polar surface area (TPSA) is 21.3 Å². The molecule has 0 bridgehead atoms. The van der Waals surface area contributed by atoms with Gasteiger partial charge in [0.05, 0.1) is 6.10 Å². The van der Waals surface area contributed by atoms with E-state index < -0.39 is 18.9 Å². The van der Waals surface area contributed by atoms with Gasteiger partial charge in [-0.25, -0.2) is 0 Å². The van der Waals surface area contributed by atoms with Crippen LogP contribution in [0.15, 0.2) is 30.3 Å². The molecule has 2 unspecified atom stereocenters. The standard InChI is InChI=1S/C14H18F3NO/c15-14(16,17)10-19-13(11-6-2-1-3-7-11)12-8-4-5-9-18-12/h1-3,6-7,12-13,18H,4-5,8-10H2. The lowest BCUT2D eigenvalue weighted by molar-refractivity contribution is -0.189. The third-order valence-electron chi connectivity index (χ3n) is 3.27. The van der Waals surface area contributed by atoms with E-state index in [2.05, 4.69) is 5.32 Å². The molecule has 19 heavy (non-hydrogen) atoms. The SMILES string of the molecule is FC(F)(F)COC(c1ccccc1)C1CCCCN1. The van der Waals surface area contributed by atoms with Gasteiger partial charge in [-0.2, -0.15) is 13.2 Å². The fourth-order valence-electron chi connectivity index (χ4n) is 2.41. The highest BCUT2D eigenvalue weighted by atomic mass is 19.4. The van der Waals surface area contributed by atoms with Gasteiger partial charge in [-0.3, -0.25) is 0 Å². The van der Waals surface area contributed by atoms with E-state index in [9.17, 15) is 13.2 Å². The Bertz CT molecular complexity index is 374. The lowest BCUT2D eigenvalue weighted by Crippen LogP contribution is -2.40. The van der Waals surface area contributed by atoms with Crippen molar-refractivity contribution in [1.82, 2.24) is 5.32 Å². The fraction of sp³-hybridized carbons (Fsp3) is 0.571. The van der Waals surface area contributed by atoms with Gasteiger partial charge in [0.2, 0.25) is 0 Å². The minimum Gasteiger partial charge on any atom is -0.362 e. The van der Waals surface area contributed by atoms with E-state index in [4.69, 9.17) is 4.74 Å². The van der Waals surface area contributed by atoms with Gasteiger partial charge in [0.25, 0.3) is 0 Å². The van der Waals surface area contributed by atoms with Gasteiger partial charge in [0, 0.05) is 6.04 Å². The number of nitrogens with one attached hydrogen (secondary N) is 1. The Hall–Kier alpha value is -1.07. The molecule has 1 aliphatic heterocycles. The zero-order valence-electron chi connectivity index (χ0n) is 10.6. The highest BCUT2D eigenvalue weighted by molar-refractivity contribution is 5.19.